The summed E-state index contributed by atoms with van der Waals surface area (Å²) in [5, 5.41) is 7.94. The highest BCUT2D eigenvalue weighted by molar-refractivity contribution is 5.61. The number of nitrogens with zero attached hydrogens (tertiary/aromatic N) is 2. The number of nitrogens with one attached hydrogen (secondary N) is 1. The molecule has 1 N–H and O–H groups in total. The molecule has 0 aliphatic heterocycles. The number of hydrogen-bond donors (Lipinski definition) is 1. The van der Waals surface area contributed by atoms with Crippen LogP contribution in [-0.4, -0.2) is 15.8 Å². The predicted molar refractivity (Wildman–Crippen MR) is 69.4 cm³/mol. The summed E-state index contributed by atoms with van der Waals surface area (Å²) in [5.41, 5.74) is 2.31. The molecule has 0 amide bonds. The van der Waals surface area contributed by atoms with Crippen LogP contribution >= 0.6 is 0 Å². The molecule has 0 atom stereocenters. The summed E-state index contributed by atoms with van der Waals surface area (Å²) in [5.74, 6) is 0. The van der Waals surface area contributed by atoms with Gasteiger partial charge in [-0.2, -0.15) is 5.10 Å². The monoisotopic (exact) mass is 227 g/mol. The topological polar surface area (TPSA) is 29.9 Å². The van der Waals surface area contributed by atoms with Crippen LogP contribution in [-0.2, 0) is 0 Å². The Morgan fingerprint density at radius 3 is 2.71 bits per heavy atom. The molecular formula is C14H17N3. The Morgan fingerprint density at radius 2 is 1.94 bits per heavy atom. The van der Waals surface area contributed by atoms with E-state index in [1.807, 2.05) is 23.1 Å². The Kier molecular flexibility index (Phi) is 2.82. The summed E-state index contributed by atoms with van der Waals surface area (Å²) < 4.78 is 1.91. The molecule has 0 spiro atoms. The molecule has 0 saturated heterocycles. The normalized spacial score (nSPS) is 16.2. The molecule has 0 radical (unpaired) electrons. The first-order valence-corrected chi connectivity index (χ1v) is 6.29. The van der Waals surface area contributed by atoms with Gasteiger partial charge in [0.25, 0.3) is 0 Å². The van der Waals surface area contributed by atoms with Crippen LogP contribution in [0.2, 0.25) is 0 Å². The van der Waals surface area contributed by atoms with E-state index >= 15 is 0 Å². The highest BCUT2D eigenvalue weighted by Gasteiger charge is 2.16. The quantitative estimate of drug-likeness (QED) is 0.872. The van der Waals surface area contributed by atoms with Crippen molar-refractivity contribution in [1.82, 2.24) is 9.78 Å². The highest BCUT2D eigenvalue weighted by Crippen LogP contribution is 2.25. The molecule has 0 bridgehead atoms. The number of para-hydroxylation sites is 2. The van der Waals surface area contributed by atoms with Gasteiger partial charge in [-0.25, -0.2) is 4.68 Å². The van der Waals surface area contributed by atoms with E-state index < -0.39 is 0 Å². The Hall–Kier alpha value is -1.77. The fraction of sp³-hybridized carbons (Fsp3) is 0.357. The van der Waals surface area contributed by atoms with Gasteiger partial charge in [0, 0.05) is 18.4 Å². The second kappa shape index (κ2) is 4.62. The smallest absolute Gasteiger partial charge is 0.0876 e. The number of benzene rings is 1. The molecule has 17 heavy (non-hydrogen) atoms. The van der Waals surface area contributed by atoms with Crippen LogP contribution in [0.1, 0.15) is 25.7 Å². The maximum atomic E-state index is 4.30. The maximum absolute atomic E-state index is 4.30. The molecule has 3 rings (SSSR count). The van der Waals surface area contributed by atoms with Crippen molar-refractivity contribution in [3.63, 3.8) is 0 Å². The molecule has 3 heteroatoms. The average molecular weight is 227 g/mol. The SMILES string of the molecule is c1ccc(-n2cccn2)c(NC2CCCC2)c1. The summed E-state index contributed by atoms with van der Waals surface area (Å²) in [7, 11) is 0. The lowest BCUT2D eigenvalue weighted by molar-refractivity contribution is 0.751. The first-order chi connectivity index (χ1) is 8.43. The van der Waals surface area contributed by atoms with Crippen molar-refractivity contribution in [2.24, 2.45) is 0 Å². The van der Waals surface area contributed by atoms with Crippen molar-refractivity contribution in [3.05, 3.63) is 42.7 Å². The van der Waals surface area contributed by atoms with Crippen molar-refractivity contribution in [3.8, 4) is 5.69 Å². The van der Waals surface area contributed by atoms with Crippen LogP contribution in [0.25, 0.3) is 5.69 Å². The minimum atomic E-state index is 0.631. The average Bonchev–Trinajstić information content (AvgIpc) is 3.01. The summed E-state index contributed by atoms with van der Waals surface area (Å²) in [6, 6.07) is 10.9. The molecule has 1 saturated carbocycles. The molecule has 1 aliphatic carbocycles. The second-order valence-corrected chi connectivity index (χ2v) is 4.59. The minimum Gasteiger partial charge on any atom is -0.381 e. The number of hydrogen-bond acceptors (Lipinski definition) is 2. The molecule has 2 aromatic rings. The van der Waals surface area contributed by atoms with Gasteiger partial charge in [-0.15, -0.1) is 0 Å². The zero-order valence-electron chi connectivity index (χ0n) is 9.84. The third-order valence-electron chi connectivity index (χ3n) is 3.37. The summed E-state index contributed by atoms with van der Waals surface area (Å²) >= 11 is 0. The highest BCUT2D eigenvalue weighted by atomic mass is 15.3. The summed E-state index contributed by atoms with van der Waals surface area (Å²) in [6.07, 6.45) is 9.06. The van der Waals surface area contributed by atoms with Crippen LogP contribution in [0.5, 0.6) is 0 Å². The van der Waals surface area contributed by atoms with Gasteiger partial charge in [-0.1, -0.05) is 25.0 Å². The van der Waals surface area contributed by atoms with Gasteiger partial charge in [0.15, 0.2) is 0 Å². The Bertz CT molecular complexity index is 470. The van der Waals surface area contributed by atoms with Gasteiger partial charge in [-0.05, 0) is 31.0 Å². The van der Waals surface area contributed by atoms with Crippen molar-refractivity contribution in [2.45, 2.75) is 31.7 Å². The van der Waals surface area contributed by atoms with E-state index in [4.69, 9.17) is 0 Å². The van der Waals surface area contributed by atoms with E-state index in [2.05, 4.69) is 34.7 Å². The van der Waals surface area contributed by atoms with Gasteiger partial charge >= 0.3 is 0 Å². The van der Waals surface area contributed by atoms with Gasteiger partial charge in [0.2, 0.25) is 0 Å². The molecule has 1 aromatic heterocycles. The van der Waals surface area contributed by atoms with E-state index in [1.165, 1.54) is 31.4 Å². The van der Waals surface area contributed by atoms with Crippen molar-refractivity contribution in [2.75, 3.05) is 5.32 Å². The molecule has 1 aromatic carbocycles. The van der Waals surface area contributed by atoms with E-state index in [1.54, 1.807) is 0 Å². The molecule has 1 heterocycles. The number of aromatic nitrogens is 2. The van der Waals surface area contributed by atoms with Crippen molar-refractivity contribution >= 4 is 5.69 Å². The van der Waals surface area contributed by atoms with E-state index in [0.29, 0.717) is 6.04 Å². The number of anilines is 1. The van der Waals surface area contributed by atoms with E-state index in [-0.39, 0.29) is 0 Å². The third kappa shape index (κ3) is 2.18. The Labute approximate surface area is 101 Å². The largest absolute Gasteiger partial charge is 0.381 e. The maximum Gasteiger partial charge on any atom is 0.0876 e. The van der Waals surface area contributed by atoms with Crippen molar-refractivity contribution < 1.29 is 0 Å². The van der Waals surface area contributed by atoms with Crippen LogP contribution in [0, 0.1) is 0 Å². The first kappa shape index (κ1) is 10.4. The predicted octanol–water partition coefficient (Wildman–Crippen LogP) is 3.23. The van der Waals surface area contributed by atoms with Gasteiger partial charge in [-0.3, -0.25) is 0 Å². The molecular weight excluding hydrogens is 210 g/mol. The molecule has 1 fully saturated rings. The summed E-state index contributed by atoms with van der Waals surface area (Å²) in [6.45, 7) is 0. The fourth-order valence-corrected chi connectivity index (χ4v) is 2.50. The Balaban J connectivity index is 1.88. The first-order valence-electron chi connectivity index (χ1n) is 6.29. The third-order valence-corrected chi connectivity index (χ3v) is 3.37. The molecule has 0 unspecified atom stereocenters. The zero-order valence-corrected chi connectivity index (χ0v) is 9.84. The van der Waals surface area contributed by atoms with Crippen LogP contribution < -0.4 is 5.32 Å². The van der Waals surface area contributed by atoms with Gasteiger partial charge in [0.1, 0.15) is 0 Å². The Morgan fingerprint density at radius 1 is 1.12 bits per heavy atom. The number of rotatable bonds is 3. The lowest BCUT2D eigenvalue weighted by Gasteiger charge is -2.16. The lowest BCUT2D eigenvalue weighted by Crippen LogP contribution is -2.16. The minimum absolute atomic E-state index is 0.631. The van der Waals surface area contributed by atoms with Crippen LogP contribution in [0.4, 0.5) is 5.69 Å². The van der Waals surface area contributed by atoms with Crippen LogP contribution in [0.3, 0.4) is 0 Å². The van der Waals surface area contributed by atoms with E-state index in [0.717, 1.165) is 5.69 Å². The summed E-state index contributed by atoms with van der Waals surface area (Å²) in [4.78, 5) is 0. The van der Waals surface area contributed by atoms with Crippen LogP contribution in [0.15, 0.2) is 42.7 Å². The van der Waals surface area contributed by atoms with Crippen molar-refractivity contribution in [1.29, 1.82) is 0 Å². The van der Waals surface area contributed by atoms with E-state index in [9.17, 15) is 0 Å². The molecule has 3 nitrogen and oxygen atoms in total. The van der Waals surface area contributed by atoms with Gasteiger partial charge < -0.3 is 5.32 Å². The molecule has 1 aliphatic rings. The second-order valence-electron chi connectivity index (χ2n) is 4.59. The zero-order chi connectivity index (χ0) is 11.5. The standard InChI is InChI=1S/C14H17N3/c1-2-7-12(6-1)16-13-8-3-4-9-14(13)17-11-5-10-15-17/h3-5,8-12,16H,1-2,6-7H2. The fourth-order valence-electron chi connectivity index (χ4n) is 2.50. The molecule has 88 valence electrons. The van der Waals surface area contributed by atoms with Gasteiger partial charge in [0.05, 0.1) is 11.4 Å². The lowest BCUT2D eigenvalue weighted by atomic mass is 10.2.